The molecule has 0 amide bonds. The second-order valence-corrected chi connectivity index (χ2v) is 4.56. The molecule has 0 aromatic heterocycles. The van der Waals surface area contributed by atoms with E-state index in [0.717, 1.165) is 17.2 Å². The van der Waals surface area contributed by atoms with Crippen LogP contribution in [0.25, 0.3) is 0 Å². The molecule has 0 bridgehead atoms. The lowest BCUT2D eigenvalue weighted by Crippen LogP contribution is -1.88. The molecule has 21 heavy (non-hydrogen) atoms. The fourth-order valence-electron chi connectivity index (χ4n) is 1.91. The second-order valence-electron chi connectivity index (χ2n) is 4.56. The van der Waals surface area contributed by atoms with E-state index in [9.17, 15) is 0 Å². The minimum Gasteiger partial charge on any atom is -0.457 e. The fraction of sp³-hybridized carbons (Fsp3) is 0. The van der Waals surface area contributed by atoms with Crippen LogP contribution in [-0.4, -0.2) is 0 Å². The van der Waals surface area contributed by atoms with Gasteiger partial charge in [-0.05, 0) is 48.5 Å². The molecule has 0 atom stereocenters. The van der Waals surface area contributed by atoms with Crippen LogP contribution in [0.3, 0.4) is 0 Å². The van der Waals surface area contributed by atoms with Crippen molar-refractivity contribution in [1.29, 1.82) is 0 Å². The lowest BCUT2D eigenvalue weighted by atomic mass is 10.3. The number of rotatable bonds is 4. The Bertz CT molecular complexity index is 709. The van der Waals surface area contributed by atoms with Gasteiger partial charge in [0.25, 0.3) is 0 Å². The van der Waals surface area contributed by atoms with Crippen LogP contribution in [0.4, 0.5) is 5.69 Å². The zero-order valence-corrected chi connectivity index (χ0v) is 11.4. The smallest absolute Gasteiger partial charge is 0.129 e. The minimum absolute atomic E-state index is 0.677. The third-order valence-electron chi connectivity index (χ3n) is 2.90. The Morgan fingerprint density at radius 1 is 0.524 bits per heavy atom. The van der Waals surface area contributed by atoms with E-state index < -0.39 is 0 Å². The molecule has 0 spiro atoms. The molecule has 0 aliphatic rings. The Labute approximate surface area is 123 Å². The number of ether oxygens (including phenoxy) is 2. The van der Waals surface area contributed by atoms with Crippen molar-refractivity contribution in [1.82, 2.24) is 0 Å². The average molecular weight is 277 g/mol. The topological polar surface area (TPSA) is 44.5 Å². The predicted molar refractivity (Wildman–Crippen MR) is 83.9 cm³/mol. The highest BCUT2D eigenvalue weighted by Gasteiger charge is 2.00. The molecule has 0 aliphatic carbocycles. The summed E-state index contributed by atoms with van der Waals surface area (Å²) in [5.41, 5.74) is 6.40. The lowest BCUT2D eigenvalue weighted by Gasteiger charge is -2.08. The Morgan fingerprint density at radius 3 is 1.67 bits per heavy atom. The number of nitrogen functional groups attached to an aromatic ring is 1. The van der Waals surface area contributed by atoms with Crippen LogP contribution in [0.2, 0.25) is 0 Å². The molecule has 0 saturated heterocycles. The first-order valence-corrected chi connectivity index (χ1v) is 6.66. The van der Waals surface area contributed by atoms with E-state index in [4.69, 9.17) is 15.2 Å². The molecule has 104 valence electrons. The Balaban J connectivity index is 1.69. The maximum atomic E-state index is 5.73. The highest BCUT2D eigenvalue weighted by molar-refractivity contribution is 5.45. The number of anilines is 1. The van der Waals surface area contributed by atoms with Crippen LogP contribution in [0, 0.1) is 0 Å². The lowest BCUT2D eigenvalue weighted by molar-refractivity contribution is 0.469. The summed E-state index contributed by atoms with van der Waals surface area (Å²) in [7, 11) is 0. The summed E-state index contributed by atoms with van der Waals surface area (Å²) in [6, 6.07) is 24.5. The molecule has 3 rings (SSSR count). The van der Waals surface area contributed by atoms with Crippen molar-refractivity contribution in [3.63, 3.8) is 0 Å². The van der Waals surface area contributed by atoms with Gasteiger partial charge in [0.1, 0.15) is 23.0 Å². The maximum Gasteiger partial charge on any atom is 0.129 e. The minimum atomic E-state index is 0.677. The van der Waals surface area contributed by atoms with E-state index in [1.165, 1.54) is 0 Å². The summed E-state index contributed by atoms with van der Waals surface area (Å²) in [5, 5.41) is 0. The summed E-state index contributed by atoms with van der Waals surface area (Å²) in [6.45, 7) is 0. The largest absolute Gasteiger partial charge is 0.457 e. The van der Waals surface area contributed by atoms with Gasteiger partial charge < -0.3 is 15.2 Å². The van der Waals surface area contributed by atoms with Crippen molar-refractivity contribution in [2.45, 2.75) is 0 Å². The van der Waals surface area contributed by atoms with Crippen LogP contribution in [0.5, 0.6) is 23.0 Å². The Hall–Kier alpha value is -2.94. The van der Waals surface area contributed by atoms with Crippen molar-refractivity contribution < 1.29 is 9.47 Å². The SMILES string of the molecule is Nc1cccc(Oc2ccc(Oc3ccccc3)cc2)c1. The van der Waals surface area contributed by atoms with Crippen LogP contribution < -0.4 is 15.2 Å². The van der Waals surface area contributed by atoms with Crippen molar-refractivity contribution in [3.05, 3.63) is 78.9 Å². The third-order valence-corrected chi connectivity index (χ3v) is 2.90. The molecule has 0 saturated carbocycles. The third kappa shape index (κ3) is 3.54. The summed E-state index contributed by atoms with van der Waals surface area (Å²) in [6.07, 6.45) is 0. The second kappa shape index (κ2) is 6.01. The quantitative estimate of drug-likeness (QED) is 0.693. The van der Waals surface area contributed by atoms with Gasteiger partial charge in [-0.25, -0.2) is 0 Å². The average Bonchev–Trinajstić information content (AvgIpc) is 2.50. The van der Waals surface area contributed by atoms with E-state index in [1.54, 1.807) is 6.07 Å². The summed E-state index contributed by atoms with van der Waals surface area (Å²) >= 11 is 0. The van der Waals surface area contributed by atoms with E-state index in [2.05, 4.69) is 0 Å². The molecule has 0 unspecified atom stereocenters. The number of hydrogen-bond donors (Lipinski definition) is 1. The van der Waals surface area contributed by atoms with Gasteiger partial charge in [-0.1, -0.05) is 24.3 Å². The predicted octanol–water partition coefficient (Wildman–Crippen LogP) is 4.85. The van der Waals surface area contributed by atoms with Crippen molar-refractivity contribution in [3.8, 4) is 23.0 Å². The number of para-hydroxylation sites is 1. The van der Waals surface area contributed by atoms with E-state index in [-0.39, 0.29) is 0 Å². The number of nitrogens with two attached hydrogens (primary N) is 1. The van der Waals surface area contributed by atoms with Crippen molar-refractivity contribution in [2.75, 3.05) is 5.73 Å². The van der Waals surface area contributed by atoms with Gasteiger partial charge in [0.15, 0.2) is 0 Å². The van der Waals surface area contributed by atoms with Crippen molar-refractivity contribution in [2.24, 2.45) is 0 Å². The van der Waals surface area contributed by atoms with Crippen LogP contribution >= 0.6 is 0 Å². The van der Waals surface area contributed by atoms with Crippen molar-refractivity contribution >= 4 is 5.69 Å². The van der Waals surface area contributed by atoms with Gasteiger partial charge in [0, 0.05) is 11.8 Å². The molecule has 3 aromatic carbocycles. The highest BCUT2D eigenvalue weighted by atomic mass is 16.5. The fourth-order valence-corrected chi connectivity index (χ4v) is 1.91. The summed E-state index contributed by atoms with van der Waals surface area (Å²) in [5.74, 6) is 3.02. The van der Waals surface area contributed by atoms with Gasteiger partial charge in [-0.15, -0.1) is 0 Å². The molecule has 0 radical (unpaired) electrons. The van der Waals surface area contributed by atoms with Gasteiger partial charge in [0.2, 0.25) is 0 Å². The molecule has 0 heterocycles. The normalized spacial score (nSPS) is 10.1. The first-order chi connectivity index (χ1) is 10.3. The van der Waals surface area contributed by atoms with Gasteiger partial charge in [-0.2, -0.15) is 0 Å². The molecule has 0 fully saturated rings. The first-order valence-electron chi connectivity index (χ1n) is 6.66. The van der Waals surface area contributed by atoms with E-state index in [0.29, 0.717) is 11.4 Å². The maximum absolute atomic E-state index is 5.73. The van der Waals surface area contributed by atoms with Gasteiger partial charge >= 0.3 is 0 Å². The number of hydrogen-bond acceptors (Lipinski definition) is 3. The van der Waals surface area contributed by atoms with Gasteiger partial charge in [-0.3, -0.25) is 0 Å². The molecular weight excluding hydrogens is 262 g/mol. The Morgan fingerprint density at radius 2 is 1.05 bits per heavy atom. The standard InChI is InChI=1S/C18H15NO2/c19-14-5-4-8-18(13-14)21-17-11-9-16(10-12-17)20-15-6-2-1-3-7-15/h1-13H,19H2. The molecule has 2 N–H and O–H groups in total. The zero-order chi connectivity index (χ0) is 14.5. The van der Waals surface area contributed by atoms with Crippen LogP contribution in [0.1, 0.15) is 0 Å². The van der Waals surface area contributed by atoms with E-state index in [1.807, 2.05) is 72.8 Å². The Kier molecular flexibility index (Phi) is 3.74. The van der Waals surface area contributed by atoms with E-state index >= 15 is 0 Å². The number of benzene rings is 3. The molecule has 3 aromatic rings. The van der Waals surface area contributed by atoms with Crippen LogP contribution in [0.15, 0.2) is 78.9 Å². The van der Waals surface area contributed by atoms with Gasteiger partial charge in [0.05, 0.1) is 0 Å². The highest BCUT2D eigenvalue weighted by Crippen LogP contribution is 2.27. The first kappa shape index (κ1) is 13.1. The van der Waals surface area contributed by atoms with Crippen LogP contribution in [-0.2, 0) is 0 Å². The molecule has 3 heteroatoms. The molecule has 3 nitrogen and oxygen atoms in total. The summed E-state index contributed by atoms with van der Waals surface area (Å²) < 4.78 is 11.5. The molecular formula is C18H15NO2. The summed E-state index contributed by atoms with van der Waals surface area (Å²) in [4.78, 5) is 0. The zero-order valence-electron chi connectivity index (χ0n) is 11.4. The monoisotopic (exact) mass is 277 g/mol. The molecule has 0 aliphatic heterocycles.